The number of nitrogens with zero attached hydrogens (tertiary/aromatic N) is 1. The molecule has 0 unspecified atom stereocenters. The van der Waals surface area contributed by atoms with Gasteiger partial charge in [-0.3, -0.25) is 14.6 Å². The molecule has 5 rings (SSSR count). The lowest BCUT2D eigenvalue weighted by molar-refractivity contribution is -0.118. The third-order valence-electron chi connectivity index (χ3n) is 6.16. The van der Waals surface area contributed by atoms with Gasteiger partial charge in [0.25, 0.3) is 5.91 Å². The number of rotatable bonds is 7. The summed E-state index contributed by atoms with van der Waals surface area (Å²) < 4.78 is 28.8. The molecule has 190 valence electrons. The SMILES string of the molecule is O=C(N[C@@H](Cc1c[nH]c2ccccc12)C(=O)Nc1ccncc1)c1ccc(-c2ccc(O)c(F)c2)cc1F. The fraction of sp³-hybridized carbons (Fsp3) is 0.0690. The Kier molecular flexibility index (Phi) is 6.82. The van der Waals surface area contributed by atoms with Gasteiger partial charge in [-0.25, -0.2) is 8.78 Å². The van der Waals surface area contributed by atoms with Gasteiger partial charge in [0.1, 0.15) is 11.9 Å². The number of aromatic nitrogens is 2. The van der Waals surface area contributed by atoms with E-state index in [9.17, 15) is 19.1 Å². The van der Waals surface area contributed by atoms with E-state index in [1.165, 1.54) is 36.7 Å². The molecule has 1 atom stereocenters. The molecule has 0 bridgehead atoms. The second-order valence-corrected chi connectivity index (χ2v) is 8.68. The molecule has 9 heteroatoms. The summed E-state index contributed by atoms with van der Waals surface area (Å²) in [6, 6.07) is 17.3. The average Bonchev–Trinajstić information content (AvgIpc) is 3.33. The minimum absolute atomic E-state index is 0.152. The topological polar surface area (TPSA) is 107 Å². The molecule has 0 spiro atoms. The number of aromatic hydroxyl groups is 1. The van der Waals surface area contributed by atoms with E-state index in [0.717, 1.165) is 28.6 Å². The van der Waals surface area contributed by atoms with E-state index < -0.39 is 35.2 Å². The van der Waals surface area contributed by atoms with Gasteiger partial charge in [0, 0.05) is 41.6 Å². The minimum Gasteiger partial charge on any atom is -0.505 e. The van der Waals surface area contributed by atoms with Gasteiger partial charge in [-0.2, -0.15) is 0 Å². The summed E-state index contributed by atoms with van der Waals surface area (Å²) in [5, 5.41) is 15.7. The van der Waals surface area contributed by atoms with Crippen molar-refractivity contribution in [3.63, 3.8) is 0 Å². The van der Waals surface area contributed by atoms with Crippen LogP contribution < -0.4 is 10.6 Å². The number of anilines is 1. The standard InChI is InChI=1S/C29H22F2N4O3/c30-23-13-17(18-6-8-27(36)24(31)14-18)5-7-22(23)28(37)35-26(29(38)34-20-9-11-32-12-10-20)15-19-16-33-25-4-2-1-3-21(19)25/h1-14,16,26,33,36H,15H2,(H,35,37)(H,32,34,38)/t26-/m0/s1. The summed E-state index contributed by atoms with van der Waals surface area (Å²) in [7, 11) is 0. The number of phenolic OH excluding ortho intramolecular Hbond substituents is 1. The maximum Gasteiger partial charge on any atom is 0.254 e. The van der Waals surface area contributed by atoms with E-state index >= 15 is 4.39 Å². The summed E-state index contributed by atoms with van der Waals surface area (Å²) in [6.45, 7) is 0. The van der Waals surface area contributed by atoms with Crippen molar-refractivity contribution in [3.05, 3.63) is 114 Å². The number of hydrogen-bond donors (Lipinski definition) is 4. The van der Waals surface area contributed by atoms with E-state index in [1.54, 1.807) is 18.3 Å². The van der Waals surface area contributed by atoms with Gasteiger partial charge in [0.15, 0.2) is 11.6 Å². The van der Waals surface area contributed by atoms with E-state index in [2.05, 4.69) is 20.6 Å². The predicted molar refractivity (Wildman–Crippen MR) is 140 cm³/mol. The van der Waals surface area contributed by atoms with Gasteiger partial charge < -0.3 is 20.7 Å². The van der Waals surface area contributed by atoms with Crippen LogP contribution in [0.4, 0.5) is 14.5 Å². The van der Waals surface area contributed by atoms with Crippen LogP contribution in [0.1, 0.15) is 15.9 Å². The van der Waals surface area contributed by atoms with Crippen molar-refractivity contribution in [2.45, 2.75) is 12.5 Å². The van der Waals surface area contributed by atoms with Gasteiger partial charge in [0.05, 0.1) is 5.56 Å². The van der Waals surface area contributed by atoms with Crippen LogP contribution in [0.2, 0.25) is 0 Å². The van der Waals surface area contributed by atoms with Crippen LogP contribution in [0.25, 0.3) is 22.0 Å². The lowest BCUT2D eigenvalue weighted by Gasteiger charge is -2.19. The van der Waals surface area contributed by atoms with Gasteiger partial charge >= 0.3 is 0 Å². The molecule has 0 aliphatic carbocycles. The molecule has 2 amide bonds. The van der Waals surface area contributed by atoms with Crippen LogP contribution >= 0.6 is 0 Å². The number of hydrogen-bond acceptors (Lipinski definition) is 4. The monoisotopic (exact) mass is 512 g/mol. The Hall–Kier alpha value is -5.05. The van der Waals surface area contributed by atoms with Crippen molar-refractivity contribution in [3.8, 4) is 16.9 Å². The number of carbonyl (C=O) groups excluding carboxylic acids is 2. The molecule has 7 nitrogen and oxygen atoms in total. The number of para-hydroxylation sites is 1. The van der Waals surface area contributed by atoms with Crippen molar-refractivity contribution >= 4 is 28.4 Å². The number of aromatic amines is 1. The summed E-state index contributed by atoms with van der Waals surface area (Å²) >= 11 is 0. The highest BCUT2D eigenvalue weighted by molar-refractivity contribution is 6.02. The molecular formula is C29H22F2N4O3. The van der Waals surface area contributed by atoms with Gasteiger partial charge in [0.2, 0.25) is 5.91 Å². The molecule has 0 aliphatic rings. The number of carbonyl (C=O) groups is 2. The van der Waals surface area contributed by atoms with Crippen LogP contribution in [0.15, 0.2) is 91.4 Å². The average molecular weight is 513 g/mol. The fourth-order valence-electron chi connectivity index (χ4n) is 4.20. The molecule has 0 saturated heterocycles. The maximum absolute atomic E-state index is 15.0. The zero-order chi connectivity index (χ0) is 26.6. The highest BCUT2D eigenvalue weighted by Gasteiger charge is 2.25. The van der Waals surface area contributed by atoms with Crippen LogP contribution in [-0.2, 0) is 11.2 Å². The summed E-state index contributed by atoms with van der Waals surface area (Å²) in [6.07, 6.45) is 4.98. The number of benzene rings is 3. The van der Waals surface area contributed by atoms with Crippen LogP contribution in [0, 0.1) is 11.6 Å². The summed E-state index contributed by atoms with van der Waals surface area (Å²) in [5.41, 5.74) is 2.58. The third kappa shape index (κ3) is 5.22. The van der Waals surface area contributed by atoms with Crippen molar-refractivity contribution in [2.24, 2.45) is 0 Å². The Bertz CT molecular complexity index is 1640. The number of pyridine rings is 1. The van der Waals surface area contributed by atoms with Gasteiger partial charge in [-0.05, 0) is 59.2 Å². The smallest absolute Gasteiger partial charge is 0.254 e. The first kappa shape index (κ1) is 24.6. The van der Waals surface area contributed by atoms with E-state index in [4.69, 9.17) is 0 Å². The quantitative estimate of drug-likeness (QED) is 0.241. The van der Waals surface area contributed by atoms with E-state index in [0.29, 0.717) is 16.8 Å². The molecular weight excluding hydrogens is 490 g/mol. The number of phenols is 1. The molecule has 4 N–H and O–H groups in total. The van der Waals surface area contributed by atoms with Crippen molar-refractivity contribution in [1.82, 2.24) is 15.3 Å². The molecule has 5 aromatic rings. The lowest BCUT2D eigenvalue weighted by Crippen LogP contribution is -2.45. The van der Waals surface area contributed by atoms with Crippen molar-refractivity contribution in [2.75, 3.05) is 5.32 Å². The summed E-state index contributed by atoms with van der Waals surface area (Å²) in [5.74, 6) is -3.46. The molecule has 0 radical (unpaired) electrons. The Morgan fingerprint density at radius 3 is 2.37 bits per heavy atom. The normalized spacial score (nSPS) is 11.7. The van der Waals surface area contributed by atoms with Crippen LogP contribution in [-0.4, -0.2) is 32.9 Å². The number of halogens is 2. The van der Waals surface area contributed by atoms with Crippen molar-refractivity contribution in [1.29, 1.82) is 0 Å². The van der Waals surface area contributed by atoms with Crippen LogP contribution in [0.3, 0.4) is 0 Å². The molecule has 0 saturated carbocycles. The number of fused-ring (bicyclic) bond motifs is 1. The van der Waals surface area contributed by atoms with Gasteiger partial charge in [-0.15, -0.1) is 0 Å². The number of H-pyrrole nitrogens is 1. The van der Waals surface area contributed by atoms with Crippen molar-refractivity contribution < 1.29 is 23.5 Å². The first-order valence-corrected chi connectivity index (χ1v) is 11.7. The molecule has 0 aliphatic heterocycles. The Morgan fingerprint density at radius 2 is 1.63 bits per heavy atom. The first-order valence-electron chi connectivity index (χ1n) is 11.7. The minimum atomic E-state index is -1.03. The zero-order valence-corrected chi connectivity index (χ0v) is 19.9. The number of amides is 2. The van der Waals surface area contributed by atoms with E-state index in [-0.39, 0.29) is 12.0 Å². The molecule has 0 fully saturated rings. The predicted octanol–water partition coefficient (Wildman–Crippen LogP) is 5.19. The van der Waals surface area contributed by atoms with Gasteiger partial charge in [-0.1, -0.05) is 30.3 Å². The van der Waals surface area contributed by atoms with Crippen LogP contribution in [0.5, 0.6) is 5.75 Å². The third-order valence-corrected chi connectivity index (χ3v) is 6.16. The summed E-state index contributed by atoms with van der Waals surface area (Å²) in [4.78, 5) is 33.4. The maximum atomic E-state index is 15.0. The second-order valence-electron chi connectivity index (χ2n) is 8.68. The molecule has 3 aromatic carbocycles. The lowest BCUT2D eigenvalue weighted by atomic mass is 10.0. The highest BCUT2D eigenvalue weighted by Crippen LogP contribution is 2.26. The molecule has 2 aromatic heterocycles. The zero-order valence-electron chi connectivity index (χ0n) is 19.9. The first-order chi connectivity index (χ1) is 18.4. The Morgan fingerprint density at radius 1 is 0.921 bits per heavy atom. The Labute approximate surface area is 216 Å². The second kappa shape index (κ2) is 10.5. The van der Waals surface area contributed by atoms with E-state index in [1.807, 2.05) is 24.3 Å². The largest absolute Gasteiger partial charge is 0.505 e. The molecule has 2 heterocycles. The highest BCUT2D eigenvalue weighted by atomic mass is 19.1. The molecule has 38 heavy (non-hydrogen) atoms. The fourth-order valence-corrected chi connectivity index (χ4v) is 4.20. The Balaban J connectivity index is 1.40. The number of nitrogens with one attached hydrogen (secondary N) is 3.